The van der Waals surface area contributed by atoms with Crippen LogP contribution in [0.3, 0.4) is 0 Å². The van der Waals surface area contributed by atoms with Gasteiger partial charge in [0.05, 0.1) is 4.92 Å². The van der Waals surface area contributed by atoms with Crippen molar-refractivity contribution in [2.45, 2.75) is 13.8 Å². The third-order valence-corrected chi connectivity index (χ3v) is 1.96. The molecule has 82 valence electrons. The lowest BCUT2D eigenvalue weighted by Crippen LogP contribution is -2.24. The van der Waals surface area contributed by atoms with E-state index < -0.39 is 4.92 Å². The summed E-state index contributed by atoms with van der Waals surface area (Å²) in [6, 6.07) is 3.05. The van der Waals surface area contributed by atoms with E-state index in [9.17, 15) is 10.1 Å². The minimum absolute atomic E-state index is 0.0562. The van der Waals surface area contributed by atoms with Crippen LogP contribution in [0.4, 0.5) is 11.5 Å². The Labute approximate surface area is 88.9 Å². The predicted molar refractivity (Wildman–Crippen MR) is 59.0 cm³/mol. The first-order chi connectivity index (χ1) is 7.02. The number of nitro groups is 1. The van der Waals surface area contributed by atoms with Crippen molar-refractivity contribution in [1.82, 2.24) is 4.98 Å². The summed E-state index contributed by atoms with van der Waals surface area (Å²) < 4.78 is 0. The van der Waals surface area contributed by atoms with Gasteiger partial charge >= 0.3 is 5.69 Å². The van der Waals surface area contributed by atoms with Gasteiger partial charge in [-0.3, -0.25) is 10.1 Å². The number of anilines is 1. The molecule has 0 fully saturated rings. The summed E-state index contributed by atoms with van der Waals surface area (Å²) in [4.78, 5) is 16.2. The highest BCUT2D eigenvalue weighted by Gasteiger charge is 2.17. The van der Waals surface area contributed by atoms with E-state index in [-0.39, 0.29) is 5.69 Å². The Bertz CT molecular complexity index is 352. The van der Waals surface area contributed by atoms with Crippen molar-refractivity contribution in [3.63, 3.8) is 0 Å². The molecule has 0 bridgehead atoms. The van der Waals surface area contributed by atoms with E-state index in [0.717, 1.165) is 6.54 Å². The van der Waals surface area contributed by atoms with Crippen LogP contribution in [-0.2, 0) is 0 Å². The van der Waals surface area contributed by atoms with Crippen LogP contribution >= 0.6 is 0 Å². The molecule has 0 saturated heterocycles. The predicted octanol–water partition coefficient (Wildman–Crippen LogP) is 2.08. The molecule has 1 aromatic heterocycles. The van der Waals surface area contributed by atoms with E-state index >= 15 is 0 Å². The van der Waals surface area contributed by atoms with Gasteiger partial charge in [0.15, 0.2) is 0 Å². The smallest absolute Gasteiger partial charge is 0.311 e. The maximum atomic E-state index is 10.8. The molecule has 1 heterocycles. The van der Waals surface area contributed by atoms with Crippen molar-refractivity contribution >= 4 is 11.5 Å². The van der Waals surface area contributed by atoms with Crippen LogP contribution in [0, 0.1) is 16.0 Å². The first kappa shape index (κ1) is 11.4. The molecule has 0 amide bonds. The SMILES string of the molecule is CC(C)CN(C)c1ncccc1[N+](=O)[O-]. The Kier molecular flexibility index (Phi) is 3.60. The quantitative estimate of drug-likeness (QED) is 0.562. The summed E-state index contributed by atoms with van der Waals surface area (Å²) in [5.41, 5.74) is 0.0562. The van der Waals surface area contributed by atoms with Gasteiger partial charge < -0.3 is 4.90 Å². The molecule has 0 aliphatic heterocycles. The average Bonchev–Trinajstić information content (AvgIpc) is 2.16. The third kappa shape index (κ3) is 2.90. The minimum Gasteiger partial charge on any atom is -0.354 e. The van der Waals surface area contributed by atoms with E-state index in [0.29, 0.717) is 11.7 Å². The van der Waals surface area contributed by atoms with Crippen molar-refractivity contribution in [3.05, 3.63) is 28.4 Å². The molecule has 15 heavy (non-hydrogen) atoms. The molecule has 0 saturated carbocycles. The molecule has 0 radical (unpaired) electrons. The number of rotatable bonds is 4. The number of hydrogen-bond acceptors (Lipinski definition) is 4. The summed E-state index contributed by atoms with van der Waals surface area (Å²) in [5, 5.41) is 10.8. The van der Waals surface area contributed by atoms with Crippen LogP contribution in [0.25, 0.3) is 0 Å². The molecule has 1 aromatic rings. The van der Waals surface area contributed by atoms with Crippen molar-refractivity contribution in [2.75, 3.05) is 18.5 Å². The molecule has 0 unspecified atom stereocenters. The molecule has 0 spiro atoms. The van der Waals surface area contributed by atoms with Crippen LogP contribution < -0.4 is 4.90 Å². The number of nitrogens with zero attached hydrogens (tertiary/aromatic N) is 3. The number of aromatic nitrogens is 1. The fraction of sp³-hybridized carbons (Fsp3) is 0.500. The lowest BCUT2D eigenvalue weighted by Gasteiger charge is -2.19. The van der Waals surface area contributed by atoms with Crippen LogP contribution in [-0.4, -0.2) is 23.5 Å². The Balaban J connectivity index is 2.97. The van der Waals surface area contributed by atoms with Gasteiger partial charge in [0.25, 0.3) is 0 Å². The lowest BCUT2D eigenvalue weighted by atomic mass is 10.2. The Morgan fingerprint density at radius 1 is 1.60 bits per heavy atom. The van der Waals surface area contributed by atoms with Gasteiger partial charge in [-0.1, -0.05) is 13.8 Å². The normalized spacial score (nSPS) is 10.4. The maximum Gasteiger partial charge on any atom is 0.311 e. The van der Waals surface area contributed by atoms with Gasteiger partial charge in [-0.15, -0.1) is 0 Å². The molecular formula is C10H15N3O2. The van der Waals surface area contributed by atoms with E-state index in [2.05, 4.69) is 18.8 Å². The van der Waals surface area contributed by atoms with Crippen molar-refractivity contribution in [2.24, 2.45) is 5.92 Å². The highest BCUT2D eigenvalue weighted by molar-refractivity contribution is 5.56. The molecule has 0 aliphatic carbocycles. The second-order valence-corrected chi connectivity index (χ2v) is 3.88. The molecule has 0 N–H and O–H groups in total. The maximum absolute atomic E-state index is 10.8. The first-order valence-corrected chi connectivity index (χ1v) is 4.83. The summed E-state index contributed by atoms with van der Waals surface area (Å²) in [7, 11) is 1.81. The molecule has 5 nitrogen and oxygen atoms in total. The van der Waals surface area contributed by atoms with E-state index in [1.807, 2.05) is 11.9 Å². The Morgan fingerprint density at radius 3 is 2.80 bits per heavy atom. The van der Waals surface area contributed by atoms with Crippen molar-refractivity contribution < 1.29 is 4.92 Å². The third-order valence-electron chi connectivity index (χ3n) is 1.96. The highest BCUT2D eigenvalue weighted by atomic mass is 16.6. The van der Waals surface area contributed by atoms with E-state index in [1.165, 1.54) is 6.07 Å². The average molecular weight is 209 g/mol. The van der Waals surface area contributed by atoms with Crippen molar-refractivity contribution in [3.8, 4) is 0 Å². The van der Waals surface area contributed by atoms with Crippen LogP contribution in [0.5, 0.6) is 0 Å². The van der Waals surface area contributed by atoms with Gasteiger partial charge in [0, 0.05) is 25.9 Å². The molecule has 0 aliphatic rings. The molecule has 1 rings (SSSR count). The summed E-state index contributed by atoms with van der Waals surface area (Å²) in [6.07, 6.45) is 1.57. The van der Waals surface area contributed by atoms with Gasteiger partial charge in [-0.25, -0.2) is 4.98 Å². The minimum atomic E-state index is -0.404. The van der Waals surface area contributed by atoms with Gasteiger partial charge in [-0.2, -0.15) is 0 Å². The number of hydrogen-bond donors (Lipinski definition) is 0. The fourth-order valence-electron chi connectivity index (χ4n) is 1.46. The van der Waals surface area contributed by atoms with Crippen LogP contribution in [0.2, 0.25) is 0 Å². The monoisotopic (exact) mass is 209 g/mol. The number of pyridine rings is 1. The zero-order chi connectivity index (χ0) is 11.4. The van der Waals surface area contributed by atoms with Gasteiger partial charge in [-0.05, 0) is 12.0 Å². The zero-order valence-corrected chi connectivity index (χ0v) is 9.17. The Hall–Kier alpha value is -1.65. The van der Waals surface area contributed by atoms with Gasteiger partial charge in [0.1, 0.15) is 0 Å². The highest BCUT2D eigenvalue weighted by Crippen LogP contribution is 2.23. The summed E-state index contributed by atoms with van der Waals surface area (Å²) in [6.45, 7) is 4.87. The summed E-state index contributed by atoms with van der Waals surface area (Å²) in [5.74, 6) is 0.868. The first-order valence-electron chi connectivity index (χ1n) is 4.83. The molecule has 5 heteroatoms. The van der Waals surface area contributed by atoms with E-state index in [1.54, 1.807) is 12.3 Å². The second-order valence-electron chi connectivity index (χ2n) is 3.88. The molecule has 0 atom stereocenters. The summed E-state index contributed by atoms with van der Waals surface area (Å²) >= 11 is 0. The second kappa shape index (κ2) is 4.72. The Morgan fingerprint density at radius 2 is 2.27 bits per heavy atom. The van der Waals surface area contributed by atoms with Crippen LogP contribution in [0.1, 0.15) is 13.8 Å². The van der Waals surface area contributed by atoms with Crippen molar-refractivity contribution in [1.29, 1.82) is 0 Å². The molecular weight excluding hydrogens is 194 g/mol. The topological polar surface area (TPSA) is 59.3 Å². The van der Waals surface area contributed by atoms with Gasteiger partial charge in [0.2, 0.25) is 5.82 Å². The zero-order valence-electron chi connectivity index (χ0n) is 9.17. The lowest BCUT2D eigenvalue weighted by molar-refractivity contribution is -0.384. The van der Waals surface area contributed by atoms with E-state index in [4.69, 9.17) is 0 Å². The largest absolute Gasteiger partial charge is 0.354 e. The van der Waals surface area contributed by atoms with Crippen LogP contribution in [0.15, 0.2) is 18.3 Å². The molecule has 0 aromatic carbocycles. The fourth-order valence-corrected chi connectivity index (χ4v) is 1.46. The standard InChI is InChI=1S/C10H15N3O2/c1-8(2)7-12(3)10-9(13(14)15)5-4-6-11-10/h4-6,8H,7H2,1-3H3.